The fraction of sp³-hybridized carbons (Fsp3) is 1.00. The smallest absolute Gasteiger partial charge is 0.0192 e. The van der Waals surface area contributed by atoms with E-state index in [-0.39, 0.29) is 0 Å². The third kappa shape index (κ3) is 4.84. The zero-order valence-corrected chi connectivity index (χ0v) is 11.6. The molecular weight excluding hydrogens is 196 g/mol. The van der Waals surface area contributed by atoms with Crippen molar-refractivity contribution in [2.45, 2.75) is 65.0 Å². The molecule has 1 saturated carbocycles. The van der Waals surface area contributed by atoms with Gasteiger partial charge in [-0.05, 0) is 45.7 Å². The van der Waals surface area contributed by atoms with Crippen molar-refractivity contribution in [2.24, 2.45) is 5.92 Å². The van der Waals surface area contributed by atoms with Crippen LogP contribution in [0.4, 0.5) is 0 Å². The zero-order valence-electron chi connectivity index (χ0n) is 11.6. The van der Waals surface area contributed by atoms with E-state index < -0.39 is 0 Å². The second-order valence-corrected chi connectivity index (χ2v) is 5.84. The normalized spacial score (nSPS) is 19.9. The van der Waals surface area contributed by atoms with Crippen molar-refractivity contribution in [2.75, 3.05) is 20.1 Å². The Morgan fingerprint density at radius 3 is 2.38 bits per heavy atom. The second kappa shape index (κ2) is 7.29. The molecule has 96 valence electrons. The van der Waals surface area contributed by atoms with Gasteiger partial charge in [0.2, 0.25) is 0 Å². The van der Waals surface area contributed by atoms with Crippen molar-refractivity contribution in [3.05, 3.63) is 0 Å². The zero-order chi connectivity index (χ0) is 12.0. The van der Waals surface area contributed by atoms with Crippen LogP contribution < -0.4 is 5.32 Å². The number of hydrogen-bond acceptors (Lipinski definition) is 2. The van der Waals surface area contributed by atoms with E-state index in [1.165, 1.54) is 38.6 Å². The van der Waals surface area contributed by atoms with Crippen LogP contribution in [-0.2, 0) is 0 Å². The van der Waals surface area contributed by atoms with E-state index in [1.54, 1.807) is 0 Å². The van der Waals surface area contributed by atoms with E-state index in [4.69, 9.17) is 0 Å². The highest BCUT2D eigenvalue weighted by Crippen LogP contribution is 2.23. The average molecular weight is 226 g/mol. The van der Waals surface area contributed by atoms with E-state index in [0.717, 1.165) is 18.5 Å². The molecule has 0 aromatic rings. The van der Waals surface area contributed by atoms with Crippen molar-refractivity contribution in [1.29, 1.82) is 0 Å². The van der Waals surface area contributed by atoms with Crippen LogP contribution in [0.3, 0.4) is 0 Å². The lowest BCUT2D eigenvalue weighted by molar-refractivity contribution is 0.182. The van der Waals surface area contributed by atoms with Crippen molar-refractivity contribution in [3.63, 3.8) is 0 Å². The average Bonchev–Trinajstić information content (AvgIpc) is 2.76. The number of rotatable bonds is 7. The van der Waals surface area contributed by atoms with Crippen LogP contribution in [0, 0.1) is 5.92 Å². The molecule has 2 heteroatoms. The largest absolute Gasteiger partial charge is 0.315 e. The Hall–Kier alpha value is -0.0800. The first-order valence-corrected chi connectivity index (χ1v) is 7.04. The van der Waals surface area contributed by atoms with E-state index in [2.05, 4.69) is 38.0 Å². The summed E-state index contributed by atoms with van der Waals surface area (Å²) in [5, 5.41) is 3.58. The number of nitrogens with zero attached hydrogens (tertiary/aromatic N) is 1. The Balaban J connectivity index is 2.10. The highest BCUT2D eigenvalue weighted by Gasteiger charge is 2.22. The molecule has 1 N–H and O–H groups in total. The summed E-state index contributed by atoms with van der Waals surface area (Å²) in [5.74, 6) is 0.815. The molecular formula is C14H30N2. The lowest BCUT2D eigenvalue weighted by atomic mass is 10.1. The summed E-state index contributed by atoms with van der Waals surface area (Å²) >= 11 is 0. The minimum Gasteiger partial charge on any atom is -0.315 e. The van der Waals surface area contributed by atoms with Gasteiger partial charge in [0.25, 0.3) is 0 Å². The van der Waals surface area contributed by atoms with E-state index in [9.17, 15) is 0 Å². The first kappa shape index (κ1) is 14.0. The molecule has 0 aliphatic heterocycles. The van der Waals surface area contributed by atoms with Gasteiger partial charge < -0.3 is 5.32 Å². The van der Waals surface area contributed by atoms with Crippen molar-refractivity contribution in [1.82, 2.24) is 10.2 Å². The second-order valence-electron chi connectivity index (χ2n) is 5.84. The molecule has 1 aliphatic carbocycles. The summed E-state index contributed by atoms with van der Waals surface area (Å²) in [6, 6.07) is 1.53. The number of nitrogens with one attached hydrogen (secondary N) is 1. The van der Waals surface area contributed by atoms with Gasteiger partial charge in [-0.15, -0.1) is 0 Å². The molecule has 1 aliphatic rings. The van der Waals surface area contributed by atoms with Crippen LogP contribution >= 0.6 is 0 Å². The van der Waals surface area contributed by atoms with Gasteiger partial charge in [0, 0.05) is 18.6 Å². The summed E-state index contributed by atoms with van der Waals surface area (Å²) < 4.78 is 0. The Morgan fingerprint density at radius 1 is 1.19 bits per heavy atom. The summed E-state index contributed by atoms with van der Waals surface area (Å²) in [4.78, 5) is 2.58. The molecule has 0 saturated heterocycles. The summed E-state index contributed by atoms with van der Waals surface area (Å²) in [6.07, 6.45) is 6.98. The monoisotopic (exact) mass is 226 g/mol. The van der Waals surface area contributed by atoms with Crippen molar-refractivity contribution in [3.8, 4) is 0 Å². The minimum absolute atomic E-state index is 0.676. The molecule has 0 amide bonds. The van der Waals surface area contributed by atoms with Crippen LogP contribution in [0.5, 0.6) is 0 Å². The highest BCUT2D eigenvalue weighted by atomic mass is 15.2. The quantitative estimate of drug-likeness (QED) is 0.672. The minimum atomic E-state index is 0.676. The first-order chi connectivity index (χ1) is 7.61. The van der Waals surface area contributed by atoms with Gasteiger partial charge in [0.1, 0.15) is 0 Å². The van der Waals surface area contributed by atoms with Crippen LogP contribution in [0.2, 0.25) is 0 Å². The van der Waals surface area contributed by atoms with Crippen LogP contribution in [-0.4, -0.2) is 37.1 Å². The third-order valence-corrected chi connectivity index (χ3v) is 3.93. The van der Waals surface area contributed by atoms with E-state index in [1.807, 2.05) is 0 Å². The number of hydrogen-bond donors (Lipinski definition) is 1. The fourth-order valence-corrected chi connectivity index (χ4v) is 2.52. The van der Waals surface area contributed by atoms with Crippen molar-refractivity contribution < 1.29 is 0 Å². The molecule has 1 unspecified atom stereocenters. The maximum atomic E-state index is 3.58. The van der Waals surface area contributed by atoms with Gasteiger partial charge >= 0.3 is 0 Å². The van der Waals surface area contributed by atoms with Crippen LogP contribution in [0.1, 0.15) is 52.9 Å². The van der Waals surface area contributed by atoms with Crippen molar-refractivity contribution >= 4 is 0 Å². The summed E-state index contributed by atoms with van der Waals surface area (Å²) in [7, 11) is 2.30. The van der Waals surface area contributed by atoms with Gasteiger partial charge in [-0.3, -0.25) is 4.90 Å². The Bertz CT molecular complexity index is 174. The predicted molar refractivity (Wildman–Crippen MR) is 71.8 cm³/mol. The Labute approximate surface area is 102 Å². The summed E-state index contributed by atoms with van der Waals surface area (Å²) in [6.45, 7) is 9.23. The predicted octanol–water partition coefficient (Wildman–Crippen LogP) is 2.89. The highest BCUT2D eigenvalue weighted by molar-refractivity contribution is 4.79. The van der Waals surface area contributed by atoms with Gasteiger partial charge in [-0.25, -0.2) is 0 Å². The standard InChI is InChI=1S/C14H30N2/c1-12(2)9-10-15-11-13(3)16(4)14-7-5-6-8-14/h12-15H,5-11H2,1-4H3. The molecule has 0 bridgehead atoms. The molecule has 0 heterocycles. The molecule has 0 aromatic heterocycles. The molecule has 16 heavy (non-hydrogen) atoms. The lowest BCUT2D eigenvalue weighted by Gasteiger charge is -2.30. The molecule has 0 spiro atoms. The Kier molecular flexibility index (Phi) is 6.37. The lowest BCUT2D eigenvalue weighted by Crippen LogP contribution is -2.43. The van der Waals surface area contributed by atoms with Gasteiger partial charge in [0.15, 0.2) is 0 Å². The molecule has 1 rings (SSSR count). The SMILES string of the molecule is CC(C)CCNCC(C)N(C)C1CCCC1. The van der Waals surface area contributed by atoms with Gasteiger partial charge in [0.05, 0.1) is 0 Å². The molecule has 1 atom stereocenters. The van der Waals surface area contributed by atoms with Gasteiger partial charge in [-0.2, -0.15) is 0 Å². The molecule has 0 aromatic carbocycles. The van der Waals surface area contributed by atoms with Gasteiger partial charge in [-0.1, -0.05) is 26.7 Å². The topological polar surface area (TPSA) is 15.3 Å². The molecule has 0 radical (unpaired) electrons. The third-order valence-electron chi connectivity index (χ3n) is 3.93. The Morgan fingerprint density at radius 2 is 1.81 bits per heavy atom. The maximum absolute atomic E-state index is 3.58. The van der Waals surface area contributed by atoms with Crippen LogP contribution in [0.15, 0.2) is 0 Å². The number of likely N-dealkylation sites (N-methyl/N-ethyl adjacent to an activating group) is 1. The maximum Gasteiger partial charge on any atom is 0.0192 e. The molecule has 1 fully saturated rings. The molecule has 2 nitrogen and oxygen atoms in total. The van der Waals surface area contributed by atoms with E-state index >= 15 is 0 Å². The summed E-state index contributed by atoms with van der Waals surface area (Å²) in [5.41, 5.74) is 0. The fourth-order valence-electron chi connectivity index (χ4n) is 2.52. The first-order valence-electron chi connectivity index (χ1n) is 7.04. The van der Waals surface area contributed by atoms with E-state index in [0.29, 0.717) is 6.04 Å². The van der Waals surface area contributed by atoms with Crippen LogP contribution in [0.25, 0.3) is 0 Å².